The molecular weight excluding hydrogens is 290 g/mol. The SMILES string of the molecule is c1cc(OC[C@@H]2C[C@@H]2c2cncc(OC[C@@H]3CCN3)c2)ccn1. The zero-order valence-electron chi connectivity index (χ0n) is 13.0. The molecule has 2 aromatic heterocycles. The van der Waals surface area contributed by atoms with Crippen LogP contribution in [0.4, 0.5) is 0 Å². The lowest BCUT2D eigenvalue weighted by atomic mass is 10.1. The fourth-order valence-electron chi connectivity index (χ4n) is 2.88. The van der Waals surface area contributed by atoms with Crippen molar-refractivity contribution in [2.45, 2.75) is 24.8 Å². The molecule has 0 spiro atoms. The number of hydrogen-bond donors (Lipinski definition) is 1. The van der Waals surface area contributed by atoms with Crippen LogP contribution in [0.15, 0.2) is 43.0 Å². The average Bonchev–Trinajstić information content (AvgIpc) is 3.33. The Balaban J connectivity index is 1.29. The van der Waals surface area contributed by atoms with E-state index in [-0.39, 0.29) is 0 Å². The summed E-state index contributed by atoms with van der Waals surface area (Å²) in [5, 5.41) is 3.34. The number of nitrogens with zero attached hydrogens (tertiary/aromatic N) is 2. The second-order valence-corrected chi connectivity index (χ2v) is 6.30. The Morgan fingerprint density at radius 1 is 1.04 bits per heavy atom. The maximum Gasteiger partial charge on any atom is 0.137 e. The molecule has 23 heavy (non-hydrogen) atoms. The van der Waals surface area contributed by atoms with Crippen LogP contribution in [-0.2, 0) is 0 Å². The highest BCUT2D eigenvalue weighted by Crippen LogP contribution is 2.47. The van der Waals surface area contributed by atoms with Crippen molar-refractivity contribution >= 4 is 0 Å². The number of rotatable bonds is 7. The lowest BCUT2D eigenvalue weighted by Gasteiger charge is -2.27. The van der Waals surface area contributed by atoms with Gasteiger partial charge in [-0.2, -0.15) is 0 Å². The molecule has 5 heteroatoms. The predicted octanol–water partition coefficient (Wildman–Crippen LogP) is 2.40. The lowest BCUT2D eigenvalue weighted by Crippen LogP contribution is -2.46. The number of aromatic nitrogens is 2. The van der Waals surface area contributed by atoms with Gasteiger partial charge < -0.3 is 14.8 Å². The van der Waals surface area contributed by atoms with Crippen molar-refractivity contribution in [3.05, 3.63) is 48.5 Å². The number of pyridine rings is 2. The topological polar surface area (TPSA) is 56.3 Å². The molecule has 0 bridgehead atoms. The smallest absolute Gasteiger partial charge is 0.137 e. The highest BCUT2D eigenvalue weighted by Gasteiger charge is 2.39. The number of nitrogens with one attached hydrogen (secondary N) is 1. The van der Waals surface area contributed by atoms with Crippen LogP contribution < -0.4 is 14.8 Å². The van der Waals surface area contributed by atoms with Gasteiger partial charge >= 0.3 is 0 Å². The molecular formula is C18H21N3O2. The first-order chi connectivity index (χ1) is 11.4. The summed E-state index contributed by atoms with van der Waals surface area (Å²) in [5.41, 5.74) is 1.26. The van der Waals surface area contributed by atoms with Gasteiger partial charge in [0.25, 0.3) is 0 Å². The van der Waals surface area contributed by atoms with Gasteiger partial charge in [0.05, 0.1) is 12.8 Å². The van der Waals surface area contributed by atoms with Crippen molar-refractivity contribution in [3.63, 3.8) is 0 Å². The molecule has 0 radical (unpaired) electrons. The van der Waals surface area contributed by atoms with E-state index in [0.717, 1.165) is 37.7 Å². The average molecular weight is 311 g/mol. The fourth-order valence-corrected chi connectivity index (χ4v) is 2.88. The zero-order valence-corrected chi connectivity index (χ0v) is 13.0. The molecule has 2 aromatic rings. The van der Waals surface area contributed by atoms with Gasteiger partial charge in [-0.25, -0.2) is 0 Å². The summed E-state index contributed by atoms with van der Waals surface area (Å²) in [7, 11) is 0. The van der Waals surface area contributed by atoms with Crippen LogP contribution in [-0.4, -0.2) is 35.8 Å². The number of hydrogen-bond acceptors (Lipinski definition) is 5. The largest absolute Gasteiger partial charge is 0.493 e. The lowest BCUT2D eigenvalue weighted by molar-refractivity contribution is 0.216. The van der Waals surface area contributed by atoms with E-state index >= 15 is 0 Å². The minimum Gasteiger partial charge on any atom is -0.493 e. The van der Waals surface area contributed by atoms with Gasteiger partial charge in [0, 0.05) is 30.6 Å². The highest BCUT2D eigenvalue weighted by molar-refractivity contribution is 5.30. The summed E-state index contributed by atoms with van der Waals surface area (Å²) in [5.74, 6) is 2.86. The van der Waals surface area contributed by atoms with Crippen LogP contribution in [0.5, 0.6) is 11.5 Å². The zero-order chi connectivity index (χ0) is 15.5. The Labute approximate surface area is 136 Å². The van der Waals surface area contributed by atoms with Crippen LogP contribution in [0, 0.1) is 5.92 Å². The molecule has 5 nitrogen and oxygen atoms in total. The van der Waals surface area contributed by atoms with Crippen molar-refractivity contribution in [2.24, 2.45) is 5.92 Å². The molecule has 3 heterocycles. The molecule has 1 aliphatic heterocycles. The first-order valence-electron chi connectivity index (χ1n) is 8.22. The van der Waals surface area contributed by atoms with Gasteiger partial charge in [-0.05, 0) is 49.1 Å². The monoisotopic (exact) mass is 311 g/mol. The molecule has 1 N–H and O–H groups in total. The van der Waals surface area contributed by atoms with Crippen LogP contribution in [0.3, 0.4) is 0 Å². The molecule has 2 fully saturated rings. The normalized spacial score (nSPS) is 25.5. The van der Waals surface area contributed by atoms with E-state index in [4.69, 9.17) is 9.47 Å². The fraction of sp³-hybridized carbons (Fsp3) is 0.444. The molecule has 0 unspecified atom stereocenters. The van der Waals surface area contributed by atoms with Gasteiger partial charge in [-0.15, -0.1) is 0 Å². The van der Waals surface area contributed by atoms with Crippen LogP contribution in [0.1, 0.15) is 24.3 Å². The Bertz CT molecular complexity index is 646. The minimum absolute atomic E-state index is 0.501. The quantitative estimate of drug-likeness (QED) is 0.851. The first kappa shape index (κ1) is 14.5. The van der Waals surface area contributed by atoms with Crippen molar-refractivity contribution in [2.75, 3.05) is 19.8 Å². The van der Waals surface area contributed by atoms with E-state index in [1.165, 1.54) is 12.0 Å². The van der Waals surface area contributed by atoms with E-state index < -0.39 is 0 Å². The molecule has 0 aromatic carbocycles. The number of ether oxygens (including phenoxy) is 2. The molecule has 3 atom stereocenters. The maximum absolute atomic E-state index is 5.83. The van der Waals surface area contributed by atoms with Gasteiger partial charge in [-0.3, -0.25) is 9.97 Å². The highest BCUT2D eigenvalue weighted by atomic mass is 16.5. The third-order valence-electron chi connectivity index (χ3n) is 4.58. The Morgan fingerprint density at radius 2 is 1.87 bits per heavy atom. The maximum atomic E-state index is 5.83. The van der Waals surface area contributed by atoms with E-state index in [9.17, 15) is 0 Å². The van der Waals surface area contributed by atoms with E-state index in [0.29, 0.717) is 17.9 Å². The van der Waals surface area contributed by atoms with Crippen molar-refractivity contribution in [1.82, 2.24) is 15.3 Å². The third-order valence-corrected chi connectivity index (χ3v) is 4.58. The van der Waals surface area contributed by atoms with Gasteiger partial charge in [0.15, 0.2) is 0 Å². The van der Waals surface area contributed by atoms with Crippen molar-refractivity contribution < 1.29 is 9.47 Å². The molecule has 0 amide bonds. The van der Waals surface area contributed by atoms with Crippen LogP contribution >= 0.6 is 0 Å². The Kier molecular flexibility index (Phi) is 4.11. The Morgan fingerprint density at radius 3 is 2.65 bits per heavy atom. The molecule has 1 saturated heterocycles. The molecule has 1 aliphatic carbocycles. The summed E-state index contributed by atoms with van der Waals surface area (Å²) >= 11 is 0. The van der Waals surface area contributed by atoms with Crippen LogP contribution in [0.25, 0.3) is 0 Å². The van der Waals surface area contributed by atoms with Crippen molar-refractivity contribution in [3.8, 4) is 11.5 Å². The minimum atomic E-state index is 0.501. The second-order valence-electron chi connectivity index (χ2n) is 6.30. The summed E-state index contributed by atoms with van der Waals surface area (Å²) in [6.07, 6.45) is 9.60. The van der Waals surface area contributed by atoms with Gasteiger partial charge in [-0.1, -0.05) is 0 Å². The van der Waals surface area contributed by atoms with E-state index in [1.807, 2.05) is 18.3 Å². The standard InChI is InChI=1S/C18H21N3O2/c1-6-21-15(1)12-23-17-7-13(9-20-10-17)18-8-14(18)11-22-16-2-4-19-5-3-16/h2-5,7,9-10,14-15,18,21H,1,6,8,11-12H2/t14-,15-,18+/m0/s1. The second kappa shape index (κ2) is 6.54. The third kappa shape index (κ3) is 3.62. The van der Waals surface area contributed by atoms with Gasteiger partial charge in [0.1, 0.15) is 18.1 Å². The molecule has 1 saturated carbocycles. The molecule has 120 valence electrons. The summed E-state index contributed by atoms with van der Waals surface area (Å²) in [6, 6.07) is 6.41. The van der Waals surface area contributed by atoms with Gasteiger partial charge in [0.2, 0.25) is 0 Å². The van der Waals surface area contributed by atoms with E-state index in [1.54, 1.807) is 18.6 Å². The summed E-state index contributed by atoms with van der Waals surface area (Å²) in [6.45, 7) is 2.57. The van der Waals surface area contributed by atoms with Crippen molar-refractivity contribution in [1.29, 1.82) is 0 Å². The molecule has 4 rings (SSSR count). The molecule has 2 aliphatic rings. The Hall–Kier alpha value is -2.14. The predicted molar refractivity (Wildman–Crippen MR) is 86.7 cm³/mol. The summed E-state index contributed by atoms with van der Waals surface area (Å²) in [4.78, 5) is 8.32. The van der Waals surface area contributed by atoms with Crippen LogP contribution in [0.2, 0.25) is 0 Å². The summed E-state index contributed by atoms with van der Waals surface area (Å²) < 4.78 is 11.6. The van der Waals surface area contributed by atoms with E-state index in [2.05, 4.69) is 21.4 Å². The first-order valence-corrected chi connectivity index (χ1v) is 8.22.